The maximum absolute atomic E-state index is 12.6. The zero-order valence-corrected chi connectivity index (χ0v) is 18.3. The summed E-state index contributed by atoms with van der Waals surface area (Å²) < 4.78 is 12.6. The van der Waals surface area contributed by atoms with Gasteiger partial charge >= 0.3 is 0 Å². The minimum atomic E-state index is -0.536. The number of nitrogens with zero attached hydrogens (tertiary/aromatic N) is 4. The van der Waals surface area contributed by atoms with Gasteiger partial charge in [-0.1, -0.05) is 42.1 Å². The molecule has 0 aliphatic carbocycles. The molecule has 4 rings (SSSR count). The van der Waals surface area contributed by atoms with Crippen LogP contribution in [-0.4, -0.2) is 38.5 Å². The number of nitrogens with one attached hydrogen (secondary N) is 1. The summed E-state index contributed by atoms with van der Waals surface area (Å²) in [4.78, 5) is 23.1. The Balaban J connectivity index is 1.52. The molecule has 168 valence electrons. The third kappa shape index (κ3) is 5.21. The van der Waals surface area contributed by atoms with Crippen molar-refractivity contribution in [2.45, 2.75) is 11.7 Å². The number of carbonyl (C=O) groups excluding carboxylic acids is 1. The van der Waals surface area contributed by atoms with E-state index in [1.54, 1.807) is 18.4 Å². The van der Waals surface area contributed by atoms with Crippen LogP contribution in [-0.2, 0) is 11.3 Å². The molecule has 10 nitrogen and oxygen atoms in total. The number of nitro benzene ring substituents is 1. The predicted octanol–water partition coefficient (Wildman–Crippen LogP) is 4.23. The Kier molecular flexibility index (Phi) is 6.69. The second-order valence-corrected chi connectivity index (χ2v) is 7.78. The van der Waals surface area contributed by atoms with E-state index in [1.807, 2.05) is 34.9 Å². The zero-order valence-electron chi connectivity index (χ0n) is 17.5. The van der Waals surface area contributed by atoms with Gasteiger partial charge in [0.1, 0.15) is 5.75 Å². The molecule has 33 heavy (non-hydrogen) atoms. The lowest BCUT2D eigenvalue weighted by Crippen LogP contribution is -2.15. The van der Waals surface area contributed by atoms with Gasteiger partial charge < -0.3 is 14.5 Å². The Morgan fingerprint density at radius 1 is 1.18 bits per heavy atom. The van der Waals surface area contributed by atoms with Gasteiger partial charge in [-0.05, 0) is 23.8 Å². The first kappa shape index (κ1) is 22.1. The van der Waals surface area contributed by atoms with Crippen LogP contribution in [0.2, 0.25) is 0 Å². The summed E-state index contributed by atoms with van der Waals surface area (Å²) >= 11 is 1.20. The van der Waals surface area contributed by atoms with Crippen molar-refractivity contribution in [3.63, 3.8) is 0 Å². The smallest absolute Gasteiger partial charge is 0.271 e. The van der Waals surface area contributed by atoms with E-state index in [1.165, 1.54) is 37.1 Å². The fraction of sp³-hybridized carbons (Fsp3) is 0.136. The SMILES string of the molecule is COc1ccc([N+](=O)[O-])cc1NC(=O)CSc1nnc(-c2ccco2)n1Cc1ccccc1. The minimum Gasteiger partial charge on any atom is -0.495 e. The van der Waals surface area contributed by atoms with Crippen LogP contribution in [0.3, 0.4) is 0 Å². The molecule has 0 aliphatic rings. The maximum atomic E-state index is 12.6. The van der Waals surface area contributed by atoms with Crippen LogP contribution in [0.1, 0.15) is 5.56 Å². The number of benzene rings is 2. The van der Waals surface area contributed by atoms with Crippen molar-refractivity contribution in [1.29, 1.82) is 0 Å². The second-order valence-electron chi connectivity index (χ2n) is 6.83. The number of methoxy groups -OCH3 is 1. The van der Waals surface area contributed by atoms with Crippen molar-refractivity contribution in [3.8, 4) is 17.3 Å². The van der Waals surface area contributed by atoms with Gasteiger partial charge in [0.05, 0.1) is 36.3 Å². The highest BCUT2D eigenvalue weighted by molar-refractivity contribution is 7.99. The lowest BCUT2D eigenvalue weighted by molar-refractivity contribution is -0.384. The Morgan fingerprint density at radius 2 is 2.00 bits per heavy atom. The minimum absolute atomic E-state index is 0.0108. The Morgan fingerprint density at radius 3 is 2.70 bits per heavy atom. The molecule has 11 heteroatoms. The lowest BCUT2D eigenvalue weighted by atomic mass is 10.2. The van der Waals surface area contributed by atoms with Crippen molar-refractivity contribution in [2.24, 2.45) is 0 Å². The summed E-state index contributed by atoms with van der Waals surface area (Å²) in [6.07, 6.45) is 1.56. The van der Waals surface area contributed by atoms with Crippen molar-refractivity contribution in [1.82, 2.24) is 14.8 Å². The first-order valence-electron chi connectivity index (χ1n) is 9.81. The van der Waals surface area contributed by atoms with Crippen LogP contribution >= 0.6 is 11.8 Å². The van der Waals surface area contributed by atoms with E-state index in [4.69, 9.17) is 9.15 Å². The van der Waals surface area contributed by atoms with Crippen molar-refractivity contribution < 1.29 is 18.9 Å². The standard InChI is InChI=1S/C22H19N5O5S/c1-31-18-10-9-16(27(29)30)12-17(18)23-20(28)14-33-22-25-24-21(19-8-5-11-32-19)26(22)13-15-6-3-2-4-7-15/h2-12H,13-14H2,1H3,(H,23,28). The quantitative estimate of drug-likeness (QED) is 0.221. The van der Waals surface area contributed by atoms with E-state index >= 15 is 0 Å². The summed E-state index contributed by atoms with van der Waals surface area (Å²) in [7, 11) is 1.42. The van der Waals surface area contributed by atoms with E-state index in [-0.39, 0.29) is 23.0 Å². The molecule has 1 amide bonds. The van der Waals surface area contributed by atoms with Crippen LogP contribution in [0, 0.1) is 10.1 Å². The van der Waals surface area contributed by atoms with Crippen molar-refractivity contribution >= 4 is 29.0 Å². The summed E-state index contributed by atoms with van der Waals surface area (Å²) in [5, 5.41) is 22.7. The number of hydrogen-bond acceptors (Lipinski definition) is 8. The molecule has 0 saturated heterocycles. The molecule has 2 aromatic heterocycles. The number of rotatable bonds is 9. The average molecular weight is 465 g/mol. The van der Waals surface area contributed by atoms with Gasteiger partial charge in [-0.15, -0.1) is 10.2 Å². The molecule has 0 fully saturated rings. The normalized spacial score (nSPS) is 10.7. The monoisotopic (exact) mass is 465 g/mol. The van der Waals surface area contributed by atoms with E-state index in [2.05, 4.69) is 15.5 Å². The fourth-order valence-electron chi connectivity index (χ4n) is 3.12. The molecule has 0 atom stereocenters. The fourth-order valence-corrected chi connectivity index (χ4v) is 3.85. The summed E-state index contributed by atoms with van der Waals surface area (Å²) in [6, 6.07) is 17.4. The molecule has 2 heterocycles. The van der Waals surface area contributed by atoms with E-state index in [9.17, 15) is 14.9 Å². The van der Waals surface area contributed by atoms with Gasteiger partial charge in [0, 0.05) is 12.1 Å². The number of carbonyl (C=O) groups is 1. The van der Waals surface area contributed by atoms with E-state index in [0.29, 0.717) is 29.0 Å². The molecule has 4 aromatic rings. The van der Waals surface area contributed by atoms with Crippen LogP contribution < -0.4 is 10.1 Å². The van der Waals surface area contributed by atoms with Gasteiger partial charge in [0.2, 0.25) is 11.7 Å². The largest absolute Gasteiger partial charge is 0.495 e. The third-order valence-corrected chi connectivity index (χ3v) is 5.61. The number of aromatic nitrogens is 3. The molecule has 0 bridgehead atoms. The Labute approximate surface area is 192 Å². The van der Waals surface area contributed by atoms with Crippen molar-refractivity contribution in [2.75, 3.05) is 18.2 Å². The number of thioether (sulfide) groups is 1. The van der Waals surface area contributed by atoms with Crippen LogP contribution in [0.4, 0.5) is 11.4 Å². The summed E-state index contributed by atoms with van der Waals surface area (Å²) in [5.74, 6) is 1.08. The molecule has 0 spiro atoms. The highest BCUT2D eigenvalue weighted by Crippen LogP contribution is 2.30. The highest BCUT2D eigenvalue weighted by atomic mass is 32.2. The molecular formula is C22H19N5O5S. The molecular weight excluding hydrogens is 446 g/mol. The molecule has 1 N–H and O–H groups in total. The summed E-state index contributed by atoms with van der Waals surface area (Å²) in [6.45, 7) is 0.493. The highest BCUT2D eigenvalue weighted by Gasteiger charge is 2.19. The number of hydrogen-bond donors (Lipinski definition) is 1. The number of anilines is 1. The van der Waals surface area contributed by atoms with Gasteiger partial charge in [0.25, 0.3) is 5.69 Å². The number of furan rings is 1. The molecule has 0 radical (unpaired) electrons. The topological polar surface area (TPSA) is 125 Å². The maximum Gasteiger partial charge on any atom is 0.271 e. The number of nitro groups is 1. The van der Waals surface area contributed by atoms with Crippen LogP contribution in [0.15, 0.2) is 76.5 Å². The van der Waals surface area contributed by atoms with Crippen LogP contribution in [0.5, 0.6) is 5.75 Å². The molecule has 0 unspecified atom stereocenters. The zero-order chi connectivity index (χ0) is 23.2. The van der Waals surface area contributed by atoms with E-state index < -0.39 is 4.92 Å². The Bertz CT molecular complexity index is 1260. The Hall–Kier alpha value is -4.12. The predicted molar refractivity (Wildman–Crippen MR) is 122 cm³/mol. The van der Waals surface area contributed by atoms with Gasteiger partial charge in [0.15, 0.2) is 10.9 Å². The van der Waals surface area contributed by atoms with Gasteiger partial charge in [-0.2, -0.15) is 0 Å². The van der Waals surface area contributed by atoms with Gasteiger partial charge in [-0.3, -0.25) is 19.5 Å². The third-order valence-electron chi connectivity index (χ3n) is 4.64. The van der Waals surface area contributed by atoms with Gasteiger partial charge in [-0.25, -0.2) is 0 Å². The van der Waals surface area contributed by atoms with Crippen LogP contribution in [0.25, 0.3) is 11.6 Å². The van der Waals surface area contributed by atoms with E-state index in [0.717, 1.165) is 5.56 Å². The molecule has 0 saturated carbocycles. The number of amides is 1. The van der Waals surface area contributed by atoms with Crippen molar-refractivity contribution in [3.05, 3.63) is 82.6 Å². The first-order chi connectivity index (χ1) is 16.0. The molecule has 2 aromatic carbocycles. The lowest BCUT2D eigenvalue weighted by Gasteiger charge is -2.11. The number of non-ortho nitro benzene ring substituents is 1. The first-order valence-corrected chi connectivity index (χ1v) is 10.8. The average Bonchev–Trinajstić information content (AvgIpc) is 3.48. The molecule has 0 aliphatic heterocycles. The number of ether oxygens (including phenoxy) is 1. The second kappa shape index (κ2) is 10.0. The summed E-state index contributed by atoms with van der Waals surface area (Å²) in [5.41, 5.74) is 1.11.